The van der Waals surface area contributed by atoms with Gasteiger partial charge >= 0.3 is 0 Å². The fourth-order valence-corrected chi connectivity index (χ4v) is 1.90. The van der Waals surface area contributed by atoms with Gasteiger partial charge in [-0.3, -0.25) is 0 Å². The molecule has 1 atom stereocenters. The molecule has 0 amide bonds. The second-order valence-corrected chi connectivity index (χ2v) is 4.55. The molecule has 1 unspecified atom stereocenters. The van der Waals surface area contributed by atoms with Gasteiger partial charge in [-0.1, -0.05) is 20.3 Å². The molecular formula is C15H22N2O. The van der Waals surface area contributed by atoms with Crippen molar-refractivity contribution in [3.05, 3.63) is 23.8 Å². The SMILES string of the molecule is CCC(C)CN(CC)c1cc(OC)ccc1C#N. The predicted molar refractivity (Wildman–Crippen MR) is 75.1 cm³/mol. The molecule has 0 aliphatic carbocycles. The number of nitriles is 1. The molecule has 0 spiro atoms. The van der Waals surface area contributed by atoms with Gasteiger partial charge in [0.1, 0.15) is 11.8 Å². The summed E-state index contributed by atoms with van der Waals surface area (Å²) in [4.78, 5) is 2.25. The maximum atomic E-state index is 9.20. The van der Waals surface area contributed by atoms with Crippen molar-refractivity contribution in [1.82, 2.24) is 0 Å². The molecule has 0 fully saturated rings. The van der Waals surface area contributed by atoms with Crippen LogP contribution in [0.5, 0.6) is 5.75 Å². The highest BCUT2D eigenvalue weighted by Crippen LogP contribution is 2.26. The van der Waals surface area contributed by atoms with Gasteiger partial charge in [0.25, 0.3) is 0 Å². The van der Waals surface area contributed by atoms with Crippen molar-refractivity contribution < 1.29 is 4.74 Å². The first kappa shape index (κ1) is 14.4. The Hall–Kier alpha value is -1.69. The maximum absolute atomic E-state index is 9.20. The molecule has 0 saturated carbocycles. The maximum Gasteiger partial charge on any atom is 0.121 e. The predicted octanol–water partition coefficient (Wildman–Crippen LogP) is 3.44. The Kier molecular flexibility index (Phi) is 5.51. The van der Waals surface area contributed by atoms with Gasteiger partial charge in [-0.2, -0.15) is 5.26 Å². The molecule has 0 aliphatic rings. The molecule has 0 aromatic heterocycles. The van der Waals surface area contributed by atoms with Crippen molar-refractivity contribution >= 4 is 5.69 Å². The highest BCUT2D eigenvalue weighted by atomic mass is 16.5. The summed E-state index contributed by atoms with van der Waals surface area (Å²) < 4.78 is 5.24. The van der Waals surface area contributed by atoms with Crippen LogP contribution in [0, 0.1) is 17.2 Å². The summed E-state index contributed by atoms with van der Waals surface area (Å²) >= 11 is 0. The lowest BCUT2D eigenvalue weighted by Gasteiger charge is -2.27. The van der Waals surface area contributed by atoms with E-state index < -0.39 is 0 Å². The van der Waals surface area contributed by atoms with Crippen LogP contribution < -0.4 is 9.64 Å². The van der Waals surface area contributed by atoms with Gasteiger partial charge in [-0.05, 0) is 25.0 Å². The third kappa shape index (κ3) is 3.40. The summed E-state index contributed by atoms with van der Waals surface area (Å²) in [7, 11) is 1.65. The second-order valence-electron chi connectivity index (χ2n) is 4.55. The molecule has 0 radical (unpaired) electrons. The molecule has 3 nitrogen and oxygen atoms in total. The molecular weight excluding hydrogens is 224 g/mol. The third-order valence-corrected chi connectivity index (χ3v) is 3.28. The molecule has 1 aromatic rings. The van der Waals surface area contributed by atoms with Gasteiger partial charge < -0.3 is 9.64 Å². The largest absolute Gasteiger partial charge is 0.497 e. The van der Waals surface area contributed by atoms with Crippen LogP contribution in [0.3, 0.4) is 0 Å². The molecule has 0 bridgehead atoms. The Morgan fingerprint density at radius 2 is 2.11 bits per heavy atom. The highest BCUT2D eigenvalue weighted by molar-refractivity contribution is 5.62. The summed E-state index contributed by atoms with van der Waals surface area (Å²) in [6.07, 6.45) is 1.14. The third-order valence-electron chi connectivity index (χ3n) is 3.28. The summed E-state index contributed by atoms with van der Waals surface area (Å²) in [6, 6.07) is 7.86. The van der Waals surface area contributed by atoms with Crippen molar-refractivity contribution in [2.24, 2.45) is 5.92 Å². The van der Waals surface area contributed by atoms with Crippen molar-refractivity contribution in [2.45, 2.75) is 27.2 Å². The quantitative estimate of drug-likeness (QED) is 0.771. The van der Waals surface area contributed by atoms with Gasteiger partial charge in [0.05, 0.1) is 18.4 Å². The smallest absolute Gasteiger partial charge is 0.121 e. The summed E-state index contributed by atoms with van der Waals surface area (Å²) in [5.74, 6) is 1.41. The first-order valence-corrected chi connectivity index (χ1v) is 6.49. The summed E-state index contributed by atoms with van der Waals surface area (Å²) in [5, 5.41) is 9.20. The molecule has 0 saturated heterocycles. The lowest BCUT2D eigenvalue weighted by Crippen LogP contribution is -2.28. The zero-order valence-corrected chi connectivity index (χ0v) is 11.7. The minimum atomic E-state index is 0.614. The van der Waals surface area contributed by atoms with Crippen LogP contribution in [0.25, 0.3) is 0 Å². The number of anilines is 1. The van der Waals surface area contributed by atoms with Crippen LogP contribution in [0.2, 0.25) is 0 Å². The minimum Gasteiger partial charge on any atom is -0.497 e. The van der Waals surface area contributed by atoms with Gasteiger partial charge in [-0.15, -0.1) is 0 Å². The second kappa shape index (κ2) is 6.90. The number of hydrogen-bond donors (Lipinski definition) is 0. The van der Waals surface area contributed by atoms with E-state index in [0.29, 0.717) is 11.5 Å². The van der Waals surface area contributed by atoms with E-state index in [9.17, 15) is 5.26 Å². The van der Waals surface area contributed by atoms with Gasteiger partial charge in [0.2, 0.25) is 0 Å². The van der Waals surface area contributed by atoms with Crippen molar-refractivity contribution in [1.29, 1.82) is 5.26 Å². The number of hydrogen-bond acceptors (Lipinski definition) is 3. The number of methoxy groups -OCH3 is 1. The van der Waals surface area contributed by atoms with E-state index in [4.69, 9.17) is 4.74 Å². The lowest BCUT2D eigenvalue weighted by molar-refractivity contribution is 0.414. The van der Waals surface area contributed by atoms with Crippen LogP contribution in [-0.4, -0.2) is 20.2 Å². The molecule has 1 aromatic carbocycles. The van der Waals surface area contributed by atoms with E-state index in [1.165, 1.54) is 0 Å². The standard InChI is InChI=1S/C15H22N2O/c1-5-12(3)11-17(6-2)15-9-14(18-4)8-7-13(15)10-16/h7-9,12H,5-6,11H2,1-4H3. The summed E-state index contributed by atoms with van der Waals surface area (Å²) in [6.45, 7) is 8.40. The van der Waals surface area contributed by atoms with E-state index in [-0.39, 0.29) is 0 Å². The first-order valence-electron chi connectivity index (χ1n) is 6.49. The number of rotatable bonds is 6. The minimum absolute atomic E-state index is 0.614. The van der Waals surface area contributed by atoms with Crippen LogP contribution >= 0.6 is 0 Å². The lowest BCUT2D eigenvalue weighted by atomic mass is 10.1. The summed E-state index contributed by atoms with van der Waals surface area (Å²) in [5.41, 5.74) is 1.68. The van der Waals surface area contributed by atoms with E-state index in [1.807, 2.05) is 18.2 Å². The van der Waals surface area contributed by atoms with Crippen molar-refractivity contribution in [3.63, 3.8) is 0 Å². The number of ether oxygens (including phenoxy) is 1. The van der Waals surface area contributed by atoms with E-state index >= 15 is 0 Å². The molecule has 0 heterocycles. The van der Waals surface area contributed by atoms with Crippen LogP contribution in [0.15, 0.2) is 18.2 Å². The zero-order chi connectivity index (χ0) is 13.5. The Morgan fingerprint density at radius 3 is 2.61 bits per heavy atom. The number of nitrogens with zero attached hydrogens (tertiary/aromatic N) is 2. The van der Waals surface area contributed by atoms with Gasteiger partial charge in [0, 0.05) is 19.2 Å². The molecule has 0 aliphatic heterocycles. The fourth-order valence-electron chi connectivity index (χ4n) is 1.90. The van der Waals surface area contributed by atoms with Gasteiger partial charge in [-0.25, -0.2) is 0 Å². The molecule has 1 rings (SSSR count). The normalized spacial score (nSPS) is 11.7. The Bertz CT molecular complexity index is 423. The van der Waals surface area contributed by atoms with Crippen molar-refractivity contribution in [2.75, 3.05) is 25.1 Å². The highest BCUT2D eigenvalue weighted by Gasteiger charge is 2.13. The Morgan fingerprint density at radius 1 is 1.39 bits per heavy atom. The first-order chi connectivity index (χ1) is 8.65. The van der Waals surface area contributed by atoms with Crippen LogP contribution in [0.4, 0.5) is 5.69 Å². The van der Waals surface area contributed by atoms with Crippen LogP contribution in [0.1, 0.15) is 32.8 Å². The van der Waals surface area contributed by atoms with E-state index in [2.05, 4.69) is 31.7 Å². The number of benzene rings is 1. The Labute approximate surface area is 110 Å². The van der Waals surface area contributed by atoms with E-state index in [1.54, 1.807) is 7.11 Å². The van der Waals surface area contributed by atoms with Crippen LogP contribution in [-0.2, 0) is 0 Å². The Balaban J connectivity index is 3.06. The average molecular weight is 246 g/mol. The fraction of sp³-hybridized carbons (Fsp3) is 0.533. The molecule has 98 valence electrons. The average Bonchev–Trinajstić information content (AvgIpc) is 2.43. The topological polar surface area (TPSA) is 36.3 Å². The molecule has 3 heteroatoms. The zero-order valence-electron chi connectivity index (χ0n) is 11.7. The van der Waals surface area contributed by atoms with E-state index in [0.717, 1.165) is 30.9 Å². The molecule has 0 N–H and O–H groups in total. The van der Waals surface area contributed by atoms with Crippen molar-refractivity contribution in [3.8, 4) is 11.8 Å². The monoisotopic (exact) mass is 246 g/mol. The molecule has 18 heavy (non-hydrogen) atoms. The van der Waals surface area contributed by atoms with Gasteiger partial charge in [0.15, 0.2) is 0 Å².